The molecule has 1 saturated carbocycles. The molecule has 0 spiro atoms. The van der Waals surface area contributed by atoms with E-state index in [0.29, 0.717) is 5.92 Å². The maximum atomic E-state index is 6.22. The van der Waals surface area contributed by atoms with Crippen molar-refractivity contribution in [1.29, 1.82) is 0 Å². The largest absolute Gasteiger partial charge is 0.456 e. The van der Waals surface area contributed by atoms with Gasteiger partial charge in [0.25, 0.3) is 0 Å². The molecule has 11 rings (SSSR count). The Morgan fingerprint density at radius 1 is 0.397 bits per heavy atom. The molecule has 0 radical (unpaired) electrons. The molecule has 0 aliphatic heterocycles. The van der Waals surface area contributed by atoms with Crippen LogP contribution >= 0.6 is 0 Å². The van der Waals surface area contributed by atoms with Crippen molar-refractivity contribution < 1.29 is 4.42 Å². The quantitative estimate of drug-likeness (QED) is 0.162. The van der Waals surface area contributed by atoms with E-state index in [9.17, 15) is 0 Å². The molecule has 0 bridgehead atoms. The van der Waals surface area contributed by atoms with Crippen LogP contribution in [0.4, 0.5) is 17.1 Å². The van der Waals surface area contributed by atoms with Crippen molar-refractivity contribution in [2.45, 2.75) is 38.0 Å². The van der Waals surface area contributed by atoms with Gasteiger partial charge in [-0.2, -0.15) is 0 Å². The third-order valence-corrected chi connectivity index (χ3v) is 12.4. The van der Waals surface area contributed by atoms with Crippen molar-refractivity contribution in [3.8, 4) is 33.4 Å². The molecule has 1 aliphatic carbocycles. The molecular formula is C56H43NO. The zero-order valence-corrected chi connectivity index (χ0v) is 32.4. The van der Waals surface area contributed by atoms with Crippen molar-refractivity contribution in [3.63, 3.8) is 0 Å². The van der Waals surface area contributed by atoms with Crippen molar-refractivity contribution in [3.05, 3.63) is 200 Å². The normalized spacial score (nSPS) is 13.4. The van der Waals surface area contributed by atoms with Crippen LogP contribution in [0.3, 0.4) is 0 Å². The topological polar surface area (TPSA) is 16.4 Å². The Balaban J connectivity index is 1.12. The molecule has 0 saturated heterocycles. The molecule has 0 atom stereocenters. The molecule has 0 N–H and O–H groups in total. The Labute approximate surface area is 339 Å². The van der Waals surface area contributed by atoms with Crippen LogP contribution in [-0.2, 0) is 0 Å². The van der Waals surface area contributed by atoms with Crippen molar-refractivity contribution in [1.82, 2.24) is 0 Å². The molecule has 1 heterocycles. The highest BCUT2D eigenvalue weighted by Gasteiger charge is 2.23. The van der Waals surface area contributed by atoms with E-state index in [0.717, 1.165) is 50.1 Å². The minimum absolute atomic E-state index is 0.584. The summed E-state index contributed by atoms with van der Waals surface area (Å²) in [4.78, 5) is 2.47. The lowest BCUT2D eigenvalue weighted by atomic mass is 9.80. The number of anilines is 3. The number of hydrogen-bond donors (Lipinski definition) is 0. The summed E-state index contributed by atoms with van der Waals surface area (Å²) in [5.74, 6) is 0.584. The maximum Gasteiger partial charge on any atom is 0.135 e. The second kappa shape index (κ2) is 14.6. The number of rotatable bonds is 7. The van der Waals surface area contributed by atoms with Crippen molar-refractivity contribution in [2.75, 3.05) is 4.90 Å². The monoisotopic (exact) mass is 745 g/mol. The van der Waals surface area contributed by atoms with E-state index < -0.39 is 0 Å². The first-order valence-electron chi connectivity index (χ1n) is 20.8. The van der Waals surface area contributed by atoms with Gasteiger partial charge in [0.05, 0.1) is 5.69 Å². The fourth-order valence-electron chi connectivity index (χ4n) is 9.69. The van der Waals surface area contributed by atoms with Crippen LogP contribution in [0.5, 0.6) is 0 Å². The van der Waals surface area contributed by atoms with Gasteiger partial charge in [-0.1, -0.05) is 165 Å². The van der Waals surface area contributed by atoms with Crippen LogP contribution in [0, 0.1) is 0 Å². The Bertz CT molecular complexity index is 3120. The average Bonchev–Trinajstić information content (AvgIpc) is 3.67. The van der Waals surface area contributed by atoms with Gasteiger partial charge in [-0.05, 0) is 122 Å². The molecule has 2 nitrogen and oxygen atoms in total. The van der Waals surface area contributed by atoms with Crippen LogP contribution in [0.25, 0.3) is 76.9 Å². The van der Waals surface area contributed by atoms with Gasteiger partial charge in [0, 0.05) is 27.7 Å². The molecule has 1 aromatic heterocycles. The van der Waals surface area contributed by atoms with E-state index in [1.54, 1.807) is 0 Å². The SMILES string of the molecule is c1cc(-c2ccc3oc4ccccc4c3c2)cc(N(c2cccc(-c3cccc4ccccc34)c2)c2ccccc2-c2cccc3cccc(C4CCCCC4)c23)c1. The highest BCUT2D eigenvalue weighted by molar-refractivity contribution is 6.07. The first-order valence-corrected chi connectivity index (χ1v) is 20.8. The first-order chi connectivity index (χ1) is 28.8. The van der Waals surface area contributed by atoms with E-state index in [1.807, 2.05) is 12.1 Å². The second-order valence-corrected chi connectivity index (χ2v) is 15.9. The molecule has 1 fully saturated rings. The molecule has 9 aromatic carbocycles. The van der Waals surface area contributed by atoms with E-state index in [-0.39, 0.29) is 0 Å². The van der Waals surface area contributed by atoms with Gasteiger partial charge in [0.15, 0.2) is 0 Å². The predicted octanol–water partition coefficient (Wildman–Crippen LogP) is 16.4. The van der Waals surface area contributed by atoms with Crippen LogP contribution in [0.2, 0.25) is 0 Å². The summed E-state index contributed by atoms with van der Waals surface area (Å²) in [5.41, 5.74) is 13.9. The molecule has 0 unspecified atom stereocenters. The lowest BCUT2D eigenvalue weighted by molar-refractivity contribution is 0.445. The summed E-state index contributed by atoms with van der Waals surface area (Å²) >= 11 is 0. The molecule has 0 amide bonds. The van der Waals surface area contributed by atoms with Gasteiger partial charge < -0.3 is 9.32 Å². The van der Waals surface area contributed by atoms with E-state index >= 15 is 0 Å². The Kier molecular flexibility index (Phi) is 8.62. The van der Waals surface area contributed by atoms with Crippen LogP contribution in [0.15, 0.2) is 199 Å². The first kappa shape index (κ1) is 34.4. The second-order valence-electron chi connectivity index (χ2n) is 15.9. The summed E-state index contributed by atoms with van der Waals surface area (Å²) in [6.07, 6.45) is 6.47. The van der Waals surface area contributed by atoms with Crippen molar-refractivity contribution in [2.24, 2.45) is 0 Å². The lowest BCUT2D eigenvalue weighted by Gasteiger charge is -2.30. The Hall–Kier alpha value is -6.90. The summed E-state index contributed by atoms with van der Waals surface area (Å²) in [5, 5.41) is 7.47. The molecule has 278 valence electrons. The molecule has 1 aliphatic rings. The highest BCUT2D eigenvalue weighted by Crippen LogP contribution is 2.47. The number of nitrogens with zero attached hydrogens (tertiary/aromatic N) is 1. The smallest absolute Gasteiger partial charge is 0.135 e. The Morgan fingerprint density at radius 2 is 1.00 bits per heavy atom. The average molecular weight is 746 g/mol. The van der Waals surface area contributed by atoms with Crippen molar-refractivity contribution >= 4 is 60.5 Å². The summed E-state index contributed by atoms with van der Waals surface area (Å²) in [6, 6.07) is 71.2. The summed E-state index contributed by atoms with van der Waals surface area (Å²) in [7, 11) is 0. The fourth-order valence-corrected chi connectivity index (χ4v) is 9.69. The zero-order valence-electron chi connectivity index (χ0n) is 32.4. The molecular weight excluding hydrogens is 703 g/mol. The van der Waals surface area contributed by atoms with Gasteiger partial charge >= 0.3 is 0 Å². The minimum atomic E-state index is 0.584. The van der Waals surface area contributed by atoms with Gasteiger partial charge in [-0.25, -0.2) is 0 Å². The van der Waals surface area contributed by atoms with Gasteiger partial charge in [0.1, 0.15) is 11.2 Å². The Morgan fingerprint density at radius 3 is 1.86 bits per heavy atom. The molecule has 2 heteroatoms. The third-order valence-electron chi connectivity index (χ3n) is 12.4. The van der Waals surface area contributed by atoms with Gasteiger partial charge in [-0.15, -0.1) is 0 Å². The van der Waals surface area contributed by atoms with E-state index in [2.05, 4.69) is 187 Å². The predicted molar refractivity (Wildman–Crippen MR) is 246 cm³/mol. The maximum absolute atomic E-state index is 6.22. The number of furan rings is 1. The number of hydrogen-bond acceptors (Lipinski definition) is 2. The van der Waals surface area contributed by atoms with E-state index in [1.165, 1.54) is 81.5 Å². The number of benzene rings is 9. The van der Waals surface area contributed by atoms with Gasteiger partial charge in [0.2, 0.25) is 0 Å². The summed E-state index contributed by atoms with van der Waals surface area (Å²) < 4.78 is 6.22. The lowest BCUT2D eigenvalue weighted by Crippen LogP contribution is -2.12. The minimum Gasteiger partial charge on any atom is -0.456 e. The van der Waals surface area contributed by atoms with Gasteiger partial charge in [-0.3, -0.25) is 0 Å². The number of fused-ring (bicyclic) bond motifs is 5. The zero-order chi connectivity index (χ0) is 38.4. The third kappa shape index (κ3) is 6.04. The fraction of sp³-hybridized carbons (Fsp3) is 0.107. The molecule has 58 heavy (non-hydrogen) atoms. The number of para-hydroxylation sites is 2. The van der Waals surface area contributed by atoms with Crippen LogP contribution in [0.1, 0.15) is 43.6 Å². The van der Waals surface area contributed by atoms with Crippen LogP contribution < -0.4 is 4.90 Å². The summed E-state index contributed by atoms with van der Waals surface area (Å²) in [6.45, 7) is 0. The highest BCUT2D eigenvalue weighted by atomic mass is 16.3. The molecule has 10 aromatic rings. The van der Waals surface area contributed by atoms with E-state index in [4.69, 9.17) is 4.42 Å². The standard InChI is InChI=1S/C56H43NO/c1-2-15-39(16-3-1)48-29-13-19-40-20-14-30-51(56(40)48)49-26-6-8-31-53(49)57(45-24-11-22-43(36-45)47-28-12-18-38-17-4-5-25-46(38)47)44-23-10-21-41(35-44)42-33-34-55-52(37-42)50-27-7-9-32-54(50)58-55/h4-14,17-37,39H,1-3,15-16H2. The van der Waals surface area contributed by atoms with Crippen LogP contribution in [-0.4, -0.2) is 0 Å².